The number of hydrogen-bond donors (Lipinski definition) is 0. The highest BCUT2D eigenvalue weighted by Gasteiger charge is 2.07. The molecule has 0 N–H and O–H groups in total. The molecule has 1 heterocycles. The van der Waals surface area contributed by atoms with Crippen LogP contribution in [0.1, 0.15) is 20.9 Å². The van der Waals surface area contributed by atoms with Crippen LogP contribution in [0.4, 0.5) is 5.69 Å². The number of benzene rings is 1. The van der Waals surface area contributed by atoms with Gasteiger partial charge in [0, 0.05) is 22.6 Å². The molecule has 0 aliphatic carbocycles. The standard InChI is InChI=1S/C13H10N2O3S/c1-9-13(19-8-14-9)7-6-12(16)10-2-4-11(5-3-10)15(17)18/h2-8H,1H3/b7-6+. The number of nitro benzene ring substituents is 1. The zero-order valence-electron chi connectivity index (χ0n) is 10.1. The smallest absolute Gasteiger partial charge is 0.269 e. The van der Waals surface area contributed by atoms with Crippen molar-refractivity contribution in [2.75, 3.05) is 0 Å². The Kier molecular flexibility index (Phi) is 3.82. The average Bonchev–Trinajstić information content (AvgIpc) is 2.81. The van der Waals surface area contributed by atoms with Crippen LogP contribution in [0.2, 0.25) is 0 Å². The average molecular weight is 274 g/mol. The summed E-state index contributed by atoms with van der Waals surface area (Å²) in [6.45, 7) is 1.87. The summed E-state index contributed by atoms with van der Waals surface area (Å²) >= 11 is 1.45. The highest BCUT2D eigenvalue weighted by Crippen LogP contribution is 2.16. The molecule has 2 rings (SSSR count). The number of hydrogen-bond acceptors (Lipinski definition) is 5. The van der Waals surface area contributed by atoms with E-state index in [1.807, 2.05) is 6.92 Å². The van der Waals surface area contributed by atoms with Crippen molar-refractivity contribution >= 4 is 28.9 Å². The fourth-order valence-corrected chi connectivity index (χ4v) is 2.16. The molecule has 0 bridgehead atoms. The van der Waals surface area contributed by atoms with Gasteiger partial charge >= 0.3 is 0 Å². The number of carbonyl (C=O) groups is 1. The Morgan fingerprint density at radius 3 is 2.58 bits per heavy atom. The first-order valence-electron chi connectivity index (χ1n) is 5.45. The second-order valence-electron chi connectivity index (χ2n) is 3.80. The second-order valence-corrected chi connectivity index (χ2v) is 4.69. The number of non-ortho nitro benzene ring substituents is 1. The van der Waals surface area contributed by atoms with E-state index >= 15 is 0 Å². The predicted octanol–water partition coefficient (Wildman–Crippen LogP) is 3.26. The Morgan fingerprint density at radius 2 is 2.05 bits per heavy atom. The van der Waals surface area contributed by atoms with Crippen LogP contribution in [0.25, 0.3) is 6.08 Å². The number of carbonyl (C=O) groups excluding carboxylic acids is 1. The monoisotopic (exact) mass is 274 g/mol. The lowest BCUT2D eigenvalue weighted by atomic mass is 10.1. The molecule has 0 radical (unpaired) electrons. The number of rotatable bonds is 4. The lowest BCUT2D eigenvalue weighted by Crippen LogP contribution is -1.95. The van der Waals surface area contributed by atoms with E-state index in [1.165, 1.54) is 41.7 Å². The topological polar surface area (TPSA) is 73.1 Å². The summed E-state index contributed by atoms with van der Waals surface area (Å²) in [4.78, 5) is 26.9. The van der Waals surface area contributed by atoms with Crippen LogP contribution in [-0.2, 0) is 0 Å². The summed E-state index contributed by atoms with van der Waals surface area (Å²) in [5, 5.41) is 10.5. The molecule has 2 aromatic rings. The number of nitro groups is 1. The van der Waals surface area contributed by atoms with Crippen LogP contribution in [0.3, 0.4) is 0 Å². The quantitative estimate of drug-likeness (QED) is 0.371. The van der Waals surface area contributed by atoms with Gasteiger partial charge in [0.05, 0.1) is 16.1 Å². The third kappa shape index (κ3) is 3.11. The molecular formula is C13H10N2O3S. The molecule has 0 unspecified atom stereocenters. The summed E-state index contributed by atoms with van der Waals surface area (Å²) in [6, 6.07) is 5.53. The van der Waals surface area contributed by atoms with E-state index in [0.717, 1.165) is 10.6 Å². The lowest BCUT2D eigenvalue weighted by molar-refractivity contribution is -0.384. The van der Waals surface area contributed by atoms with Gasteiger partial charge in [-0.05, 0) is 31.2 Å². The molecule has 1 aromatic heterocycles. The molecule has 19 heavy (non-hydrogen) atoms. The van der Waals surface area contributed by atoms with Gasteiger partial charge in [-0.3, -0.25) is 14.9 Å². The maximum atomic E-state index is 11.9. The van der Waals surface area contributed by atoms with Crippen molar-refractivity contribution in [3.8, 4) is 0 Å². The number of allylic oxidation sites excluding steroid dienone is 1. The molecule has 0 spiro atoms. The van der Waals surface area contributed by atoms with E-state index in [0.29, 0.717) is 5.56 Å². The summed E-state index contributed by atoms with van der Waals surface area (Å²) in [6.07, 6.45) is 3.15. The molecule has 1 aromatic carbocycles. The fraction of sp³-hybridized carbons (Fsp3) is 0.0769. The predicted molar refractivity (Wildman–Crippen MR) is 73.3 cm³/mol. The molecule has 0 atom stereocenters. The lowest BCUT2D eigenvalue weighted by Gasteiger charge is -1.95. The maximum Gasteiger partial charge on any atom is 0.269 e. The minimum absolute atomic E-state index is 0.0289. The van der Waals surface area contributed by atoms with Gasteiger partial charge in [0.1, 0.15) is 0 Å². The van der Waals surface area contributed by atoms with Crippen molar-refractivity contribution in [3.63, 3.8) is 0 Å². The molecule has 5 nitrogen and oxygen atoms in total. The van der Waals surface area contributed by atoms with Crippen LogP contribution in [-0.4, -0.2) is 15.7 Å². The van der Waals surface area contributed by atoms with E-state index in [1.54, 1.807) is 11.6 Å². The summed E-state index contributed by atoms with van der Waals surface area (Å²) in [7, 11) is 0. The summed E-state index contributed by atoms with van der Waals surface area (Å²) in [5.74, 6) is -0.192. The van der Waals surface area contributed by atoms with Crippen molar-refractivity contribution < 1.29 is 9.72 Å². The molecule has 0 amide bonds. The highest BCUT2D eigenvalue weighted by atomic mass is 32.1. The number of aryl methyl sites for hydroxylation is 1. The van der Waals surface area contributed by atoms with Crippen LogP contribution >= 0.6 is 11.3 Å². The molecule has 0 aliphatic rings. The first kappa shape index (κ1) is 13.1. The van der Waals surface area contributed by atoms with Crippen LogP contribution in [0.5, 0.6) is 0 Å². The fourth-order valence-electron chi connectivity index (χ4n) is 1.47. The van der Waals surface area contributed by atoms with Crippen LogP contribution in [0, 0.1) is 17.0 Å². The molecule has 0 saturated carbocycles. The summed E-state index contributed by atoms with van der Waals surface area (Å²) < 4.78 is 0. The zero-order valence-corrected chi connectivity index (χ0v) is 10.9. The zero-order chi connectivity index (χ0) is 13.8. The number of ketones is 1. The van der Waals surface area contributed by atoms with E-state index in [4.69, 9.17) is 0 Å². The Hall–Kier alpha value is -2.34. The Morgan fingerprint density at radius 1 is 1.37 bits per heavy atom. The second kappa shape index (κ2) is 5.53. The first-order valence-corrected chi connectivity index (χ1v) is 6.33. The van der Waals surface area contributed by atoms with Crippen molar-refractivity contribution in [2.45, 2.75) is 6.92 Å². The third-order valence-corrected chi connectivity index (χ3v) is 3.43. The highest BCUT2D eigenvalue weighted by molar-refractivity contribution is 7.10. The number of thiazole rings is 1. The Bertz CT molecular complexity index is 644. The molecular weight excluding hydrogens is 264 g/mol. The van der Waals surface area contributed by atoms with Gasteiger partial charge in [0.15, 0.2) is 5.78 Å². The number of aromatic nitrogens is 1. The van der Waals surface area contributed by atoms with Gasteiger partial charge in [-0.1, -0.05) is 0 Å². The van der Waals surface area contributed by atoms with Gasteiger partial charge in [-0.15, -0.1) is 11.3 Å². The first-order chi connectivity index (χ1) is 9.08. The minimum Gasteiger partial charge on any atom is -0.289 e. The Labute approximate surface area is 113 Å². The molecule has 0 saturated heterocycles. The van der Waals surface area contributed by atoms with Crippen LogP contribution in [0.15, 0.2) is 35.9 Å². The van der Waals surface area contributed by atoms with Crippen molar-refractivity contribution in [3.05, 3.63) is 62.1 Å². The van der Waals surface area contributed by atoms with Crippen molar-refractivity contribution in [2.24, 2.45) is 0 Å². The van der Waals surface area contributed by atoms with Gasteiger partial charge in [0.2, 0.25) is 0 Å². The van der Waals surface area contributed by atoms with Crippen molar-refractivity contribution in [1.82, 2.24) is 4.98 Å². The minimum atomic E-state index is -0.495. The summed E-state index contributed by atoms with van der Waals surface area (Å²) in [5.41, 5.74) is 2.98. The van der Waals surface area contributed by atoms with Gasteiger partial charge < -0.3 is 0 Å². The van der Waals surface area contributed by atoms with Crippen LogP contribution < -0.4 is 0 Å². The SMILES string of the molecule is Cc1ncsc1/C=C/C(=O)c1ccc([N+](=O)[O-])cc1. The van der Waals surface area contributed by atoms with Gasteiger partial charge in [0.25, 0.3) is 5.69 Å². The molecule has 6 heteroatoms. The van der Waals surface area contributed by atoms with E-state index in [2.05, 4.69) is 4.98 Å². The largest absolute Gasteiger partial charge is 0.289 e. The Balaban J connectivity index is 2.14. The van der Waals surface area contributed by atoms with E-state index in [9.17, 15) is 14.9 Å². The molecule has 0 fully saturated rings. The van der Waals surface area contributed by atoms with E-state index < -0.39 is 4.92 Å². The normalized spacial score (nSPS) is 10.8. The van der Waals surface area contributed by atoms with Crippen molar-refractivity contribution in [1.29, 1.82) is 0 Å². The maximum absolute atomic E-state index is 11.9. The number of nitrogens with zero attached hydrogens (tertiary/aromatic N) is 2. The molecule has 0 aliphatic heterocycles. The van der Waals surface area contributed by atoms with Gasteiger partial charge in [-0.2, -0.15) is 0 Å². The van der Waals surface area contributed by atoms with Gasteiger partial charge in [-0.25, -0.2) is 4.98 Å². The third-order valence-electron chi connectivity index (χ3n) is 2.53. The molecule has 96 valence electrons. The van der Waals surface area contributed by atoms with E-state index in [-0.39, 0.29) is 11.5 Å².